The quantitative estimate of drug-likeness (QED) is 0.842. The van der Waals surface area contributed by atoms with Crippen LogP contribution in [-0.4, -0.2) is 21.0 Å². The largest absolute Gasteiger partial charge is 0.476 e. The highest BCUT2D eigenvalue weighted by atomic mass is 16.4. The van der Waals surface area contributed by atoms with E-state index in [0.717, 1.165) is 0 Å². The molecule has 0 atom stereocenters. The first-order valence-corrected chi connectivity index (χ1v) is 6.45. The van der Waals surface area contributed by atoms with E-state index in [0.29, 0.717) is 22.8 Å². The Kier molecular flexibility index (Phi) is 4.19. The molecule has 0 saturated heterocycles. The Labute approximate surface area is 123 Å². The monoisotopic (exact) mass is 281 g/mol. The average molecular weight is 281 g/mol. The number of aromatic carboxylic acids is 1. The minimum atomic E-state index is -1.10. The third-order valence-electron chi connectivity index (χ3n) is 2.83. The van der Waals surface area contributed by atoms with E-state index in [1.165, 1.54) is 6.20 Å². The molecule has 0 spiro atoms. The molecule has 0 amide bonds. The van der Waals surface area contributed by atoms with Gasteiger partial charge in [-0.2, -0.15) is 0 Å². The van der Waals surface area contributed by atoms with Gasteiger partial charge in [0.1, 0.15) is 5.82 Å². The molecular formula is C16H15N3O2. The van der Waals surface area contributed by atoms with Gasteiger partial charge in [-0.15, -0.1) is 6.42 Å². The molecule has 0 radical (unpaired) electrons. The maximum Gasteiger partial charge on any atom is 0.356 e. The number of anilines is 2. The van der Waals surface area contributed by atoms with Crippen molar-refractivity contribution in [2.24, 2.45) is 0 Å². The number of hydrogen-bond acceptors (Lipinski definition) is 4. The summed E-state index contributed by atoms with van der Waals surface area (Å²) in [6.45, 7) is 3.81. The maximum atomic E-state index is 11.3. The van der Waals surface area contributed by atoms with Crippen LogP contribution in [0.25, 0.3) is 0 Å². The van der Waals surface area contributed by atoms with Gasteiger partial charge >= 0.3 is 5.97 Å². The minimum Gasteiger partial charge on any atom is -0.476 e. The summed E-state index contributed by atoms with van der Waals surface area (Å²) in [5.41, 5.74) is 1.67. The van der Waals surface area contributed by atoms with Crippen molar-refractivity contribution in [3.8, 4) is 12.3 Å². The van der Waals surface area contributed by atoms with Gasteiger partial charge in [0.2, 0.25) is 0 Å². The summed E-state index contributed by atoms with van der Waals surface area (Å²) in [5.74, 6) is 1.98. The fourth-order valence-electron chi connectivity index (χ4n) is 1.77. The Morgan fingerprint density at radius 2 is 2.19 bits per heavy atom. The lowest BCUT2D eigenvalue weighted by molar-refractivity contribution is 0.0691. The SMILES string of the molecule is C#Cc1cccc(Nc2cnc(C(C)C)nc2C(=O)O)c1. The van der Waals surface area contributed by atoms with Crippen molar-refractivity contribution in [1.82, 2.24) is 9.97 Å². The Balaban J connectivity index is 2.39. The number of aromatic nitrogens is 2. The van der Waals surface area contributed by atoms with E-state index in [1.54, 1.807) is 24.3 Å². The van der Waals surface area contributed by atoms with E-state index in [1.807, 2.05) is 13.8 Å². The van der Waals surface area contributed by atoms with Crippen molar-refractivity contribution in [2.45, 2.75) is 19.8 Å². The molecule has 1 aromatic carbocycles. The Morgan fingerprint density at radius 3 is 2.81 bits per heavy atom. The molecule has 0 bridgehead atoms. The fourth-order valence-corrected chi connectivity index (χ4v) is 1.77. The van der Waals surface area contributed by atoms with Gasteiger partial charge in [0.05, 0.1) is 11.9 Å². The fraction of sp³-hybridized carbons (Fsp3) is 0.188. The van der Waals surface area contributed by atoms with Crippen molar-refractivity contribution in [1.29, 1.82) is 0 Å². The molecule has 0 unspecified atom stereocenters. The number of hydrogen-bond donors (Lipinski definition) is 2. The summed E-state index contributed by atoms with van der Waals surface area (Å²) in [6.07, 6.45) is 6.83. The third-order valence-corrected chi connectivity index (χ3v) is 2.83. The molecular weight excluding hydrogens is 266 g/mol. The van der Waals surface area contributed by atoms with Gasteiger partial charge in [0.25, 0.3) is 0 Å². The number of terminal acetylenes is 1. The second-order valence-corrected chi connectivity index (χ2v) is 4.80. The molecule has 0 aliphatic rings. The normalized spacial score (nSPS) is 10.2. The number of rotatable bonds is 4. The number of nitrogens with zero attached hydrogens (tertiary/aromatic N) is 2. The first-order chi connectivity index (χ1) is 10.0. The predicted molar refractivity (Wildman–Crippen MR) is 80.7 cm³/mol. The van der Waals surface area contributed by atoms with E-state index in [9.17, 15) is 9.90 Å². The number of carboxylic acids is 1. The second-order valence-electron chi connectivity index (χ2n) is 4.80. The highest BCUT2D eigenvalue weighted by Gasteiger charge is 2.15. The third kappa shape index (κ3) is 3.37. The highest BCUT2D eigenvalue weighted by Crippen LogP contribution is 2.21. The molecule has 5 nitrogen and oxygen atoms in total. The van der Waals surface area contributed by atoms with Crippen LogP contribution in [0.5, 0.6) is 0 Å². The zero-order valence-corrected chi connectivity index (χ0v) is 11.8. The molecule has 1 aromatic heterocycles. The Hall–Kier alpha value is -2.87. The second kappa shape index (κ2) is 6.06. The topological polar surface area (TPSA) is 75.1 Å². The molecule has 21 heavy (non-hydrogen) atoms. The van der Waals surface area contributed by atoms with E-state index >= 15 is 0 Å². The predicted octanol–water partition coefficient (Wildman–Crippen LogP) is 3.02. The van der Waals surface area contributed by atoms with Crippen LogP contribution < -0.4 is 5.32 Å². The first-order valence-electron chi connectivity index (χ1n) is 6.45. The minimum absolute atomic E-state index is 0.0557. The van der Waals surface area contributed by atoms with E-state index in [4.69, 9.17) is 6.42 Å². The smallest absolute Gasteiger partial charge is 0.356 e. The lowest BCUT2D eigenvalue weighted by atomic mass is 10.2. The molecule has 2 N–H and O–H groups in total. The Bertz CT molecular complexity index is 718. The van der Waals surface area contributed by atoms with Gasteiger partial charge < -0.3 is 10.4 Å². The van der Waals surface area contributed by atoms with Gasteiger partial charge in [-0.25, -0.2) is 14.8 Å². The van der Waals surface area contributed by atoms with Gasteiger partial charge in [0.15, 0.2) is 5.69 Å². The van der Waals surface area contributed by atoms with Crippen LogP contribution in [0.4, 0.5) is 11.4 Å². The average Bonchev–Trinajstić information content (AvgIpc) is 2.47. The van der Waals surface area contributed by atoms with Gasteiger partial charge in [0, 0.05) is 17.2 Å². The van der Waals surface area contributed by atoms with Crippen molar-refractivity contribution in [3.05, 3.63) is 47.5 Å². The van der Waals surface area contributed by atoms with Crippen molar-refractivity contribution >= 4 is 17.3 Å². The Morgan fingerprint density at radius 1 is 1.43 bits per heavy atom. The van der Waals surface area contributed by atoms with E-state index in [2.05, 4.69) is 21.2 Å². The van der Waals surface area contributed by atoms with Crippen LogP contribution in [0.15, 0.2) is 30.5 Å². The standard InChI is InChI=1S/C16H15N3O2/c1-4-11-6-5-7-12(8-11)18-13-9-17-15(10(2)3)19-14(13)16(20)21/h1,5-10,18H,2-3H3,(H,20,21). The van der Waals surface area contributed by atoms with Crippen molar-refractivity contribution < 1.29 is 9.90 Å². The number of carbonyl (C=O) groups is 1. The molecule has 0 fully saturated rings. The molecule has 0 aliphatic heterocycles. The molecule has 0 aliphatic carbocycles. The van der Waals surface area contributed by atoms with E-state index < -0.39 is 5.97 Å². The summed E-state index contributed by atoms with van der Waals surface area (Å²) < 4.78 is 0. The number of carboxylic acid groups (broad SMARTS) is 1. The number of benzene rings is 1. The molecule has 106 valence electrons. The van der Waals surface area contributed by atoms with Gasteiger partial charge in [-0.05, 0) is 18.2 Å². The number of nitrogens with one attached hydrogen (secondary N) is 1. The summed E-state index contributed by atoms with van der Waals surface area (Å²) in [5, 5.41) is 12.3. The van der Waals surface area contributed by atoms with Crippen molar-refractivity contribution in [2.75, 3.05) is 5.32 Å². The molecule has 1 heterocycles. The zero-order valence-electron chi connectivity index (χ0n) is 11.8. The van der Waals surface area contributed by atoms with Crippen LogP contribution in [0.3, 0.4) is 0 Å². The first kappa shape index (κ1) is 14.5. The summed E-state index contributed by atoms with van der Waals surface area (Å²) in [4.78, 5) is 19.6. The van der Waals surface area contributed by atoms with Crippen LogP contribution in [0.2, 0.25) is 0 Å². The van der Waals surface area contributed by atoms with Gasteiger partial charge in [-0.3, -0.25) is 0 Å². The molecule has 2 aromatic rings. The van der Waals surface area contributed by atoms with Crippen LogP contribution in [0.1, 0.15) is 41.6 Å². The zero-order chi connectivity index (χ0) is 15.4. The molecule has 2 rings (SSSR count). The molecule has 0 saturated carbocycles. The lowest BCUT2D eigenvalue weighted by Gasteiger charge is -2.11. The summed E-state index contributed by atoms with van der Waals surface area (Å²) in [6, 6.07) is 7.13. The van der Waals surface area contributed by atoms with Crippen LogP contribution >= 0.6 is 0 Å². The summed E-state index contributed by atoms with van der Waals surface area (Å²) >= 11 is 0. The van der Waals surface area contributed by atoms with E-state index in [-0.39, 0.29) is 11.6 Å². The van der Waals surface area contributed by atoms with Crippen LogP contribution in [-0.2, 0) is 0 Å². The lowest BCUT2D eigenvalue weighted by Crippen LogP contribution is -2.10. The highest BCUT2D eigenvalue weighted by molar-refractivity contribution is 5.92. The van der Waals surface area contributed by atoms with Gasteiger partial charge in [-0.1, -0.05) is 25.8 Å². The van der Waals surface area contributed by atoms with Crippen molar-refractivity contribution in [3.63, 3.8) is 0 Å². The summed E-state index contributed by atoms with van der Waals surface area (Å²) in [7, 11) is 0. The van der Waals surface area contributed by atoms with Crippen LogP contribution in [0, 0.1) is 12.3 Å². The maximum absolute atomic E-state index is 11.3. The molecule has 5 heteroatoms.